The molecule has 0 unspecified atom stereocenters. The molecule has 0 aliphatic carbocycles. The summed E-state index contributed by atoms with van der Waals surface area (Å²) >= 11 is 0. The van der Waals surface area contributed by atoms with Crippen molar-refractivity contribution in [2.24, 2.45) is 5.92 Å². The van der Waals surface area contributed by atoms with Gasteiger partial charge in [-0.05, 0) is 45.9 Å². The number of piperidine rings is 1. The number of carbonyl (C=O) groups excluding carboxylic acids is 1. The minimum Gasteiger partial charge on any atom is -0.306 e. The van der Waals surface area contributed by atoms with Gasteiger partial charge in [-0.2, -0.15) is 0 Å². The zero-order valence-electron chi connectivity index (χ0n) is 8.70. The molecule has 1 aliphatic rings. The molecule has 0 aromatic heterocycles. The van der Waals surface area contributed by atoms with Crippen LogP contribution in [0.2, 0.25) is 0 Å². The predicted molar refractivity (Wildman–Crippen MR) is 53.8 cm³/mol. The SMILES string of the molecule is CN1CCC(CN(C)CC=O)CC1. The Hall–Kier alpha value is -0.410. The summed E-state index contributed by atoms with van der Waals surface area (Å²) in [5.74, 6) is 0.793. The van der Waals surface area contributed by atoms with Crippen LogP contribution in [0, 0.1) is 5.92 Å². The second kappa shape index (κ2) is 5.35. The Kier molecular flexibility index (Phi) is 4.39. The molecule has 1 aliphatic heterocycles. The van der Waals surface area contributed by atoms with Gasteiger partial charge >= 0.3 is 0 Å². The Morgan fingerprint density at radius 3 is 2.62 bits per heavy atom. The predicted octanol–water partition coefficient (Wildman–Crippen LogP) is 0.459. The van der Waals surface area contributed by atoms with Crippen molar-refractivity contribution in [2.45, 2.75) is 12.8 Å². The van der Waals surface area contributed by atoms with E-state index in [2.05, 4.69) is 16.8 Å². The highest BCUT2D eigenvalue weighted by Crippen LogP contribution is 2.16. The molecule has 0 aromatic carbocycles. The van der Waals surface area contributed by atoms with Crippen molar-refractivity contribution in [2.75, 3.05) is 40.3 Å². The van der Waals surface area contributed by atoms with E-state index >= 15 is 0 Å². The van der Waals surface area contributed by atoms with E-state index in [-0.39, 0.29) is 0 Å². The summed E-state index contributed by atoms with van der Waals surface area (Å²) in [6, 6.07) is 0. The fourth-order valence-electron chi connectivity index (χ4n) is 1.89. The molecule has 13 heavy (non-hydrogen) atoms. The highest BCUT2D eigenvalue weighted by Gasteiger charge is 2.17. The molecule has 0 N–H and O–H groups in total. The van der Waals surface area contributed by atoms with Crippen LogP contribution in [-0.4, -0.2) is 56.4 Å². The topological polar surface area (TPSA) is 23.6 Å². The van der Waals surface area contributed by atoms with Gasteiger partial charge in [0.2, 0.25) is 0 Å². The van der Waals surface area contributed by atoms with Crippen molar-refractivity contribution < 1.29 is 4.79 Å². The van der Waals surface area contributed by atoms with Gasteiger partial charge in [0.25, 0.3) is 0 Å². The summed E-state index contributed by atoms with van der Waals surface area (Å²) in [6.07, 6.45) is 3.54. The molecule has 0 saturated carbocycles. The van der Waals surface area contributed by atoms with E-state index in [9.17, 15) is 4.79 Å². The standard InChI is InChI=1S/C10H20N2O/c1-11-5-3-10(4-6-11)9-12(2)7-8-13/h8,10H,3-7,9H2,1-2H3. The molecular formula is C10H20N2O. The Balaban J connectivity index is 2.18. The first kappa shape index (κ1) is 10.7. The molecule has 1 saturated heterocycles. The van der Waals surface area contributed by atoms with E-state index in [0.717, 1.165) is 18.7 Å². The van der Waals surface area contributed by atoms with Crippen molar-refractivity contribution in [3.8, 4) is 0 Å². The van der Waals surface area contributed by atoms with Gasteiger partial charge < -0.3 is 9.69 Å². The van der Waals surface area contributed by atoms with Crippen LogP contribution < -0.4 is 0 Å². The van der Waals surface area contributed by atoms with E-state index < -0.39 is 0 Å². The maximum atomic E-state index is 10.3. The maximum Gasteiger partial charge on any atom is 0.133 e. The third kappa shape index (κ3) is 3.87. The zero-order chi connectivity index (χ0) is 9.68. The molecule has 0 aromatic rings. The average Bonchev–Trinajstić information content (AvgIpc) is 2.09. The van der Waals surface area contributed by atoms with E-state index in [1.165, 1.54) is 25.9 Å². The smallest absolute Gasteiger partial charge is 0.133 e. The highest BCUT2D eigenvalue weighted by molar-refractivity contribution is 5.51. The van der Waals surface area contributed by atoms with Crippen LogP contribution in [-0.2, 0) is 4.79 Å². The van der Waals surface area contributed by atoms with E-state index in [1.807, 2.05) is 7.05 Å². The monoisotopic (exact) mass is 184 g/mol. The summed E-state index contributed by atoms with van der Waals surface area (Å²) in [4.78, 5) is 14.7. The first-order chi connectivity index (χ1) is 6.22. The summed E-state index contributed by atoms with van der Waals surface area (Å²) in [5.41, 5.74) is 0. The lowest BCUT2D eigenvalue weighted by atomic mass is 9.97. The number of hydrogen-bond donors (Lipinski definition) is 0. The van der Waals surface area contributed by atoms with Crippen LogP contribution in [0.15, 0.2) is 0 Å². The van der Waals surface area contributed by atoms with E-state index in [4.69, 9.17) is 0 Å². The summed E-state index contributed by atoms with van der Waals surface area (Å²) in [7, 11) is 4.19. The van der Waals surface area contributed by atoms with Gasteiger partial charge in [-0.25, -0.2) is 0 Å². The Morgan fingerprint density at radius 2 is 2.08 bits per heavy atom. The quantitative estimate of drug-likeness (QED) is 0.593. The van der Waals surface area contributed by atoms with Crippen molar-refractivity contribution in [1.29, 1.82) is 0 Å². The van der Waals surface area contributed by atoms with Crippen LogP contribution >= 0.6 is 0 Å². The zero-order valence-corrected chi connectivity index (χ0v) is 8.70. The van der Waals surface area contributed by atoms with Crippen LogP contribution in [0.1, 0.15) is 12.8 Å². The average molecular weight is 184 g/mol. The molecule has 1 heterocycles. The fourth-order valence-corrected chi connectivity index (χ4v) is 1.89. The molecule has 0 atom stereocenters. The fraction of sp³-hybridized carbons (Fsp3) is 0.900. The summed E-state index contributed by atoms with van der Waals surface area (Å²) in [6.45, 7) is 4.07. The normalized spacial score (nSPS) is 20.8. The molecular weight excluding hydrogens is 164 g/mol. The molecule has 0 bridgehead atoms. The molecule has 0 spiro atoms. The molecule has 3 nitrogen and oxygen atoms in total. The second-order valence-electron chi connectivity index (χ2n) is 4.13. The first-order valence-electron chi connectivity index (χ1n) is 5.03. The van der Waals surface area contributed by atoms with Gasteiger partial charge in [0, 0.05) is 6.54 Å². The van der Waals surface area contributed by atoms with Crippen molar-refractivity contribution in [3.63, 3.8) is 0 Å². The van der Waals surface area contributed by atoms with Gasteiger partial charge in [0.15, 0.2) is 0 Å². The minimum atomic E-state index is 0.576. The highest BCUT2D eigenvalue weighted by atomic mass is 16.1. The van der Waals surface area contributed by atoms with Crippen LogP contribution in [0.4, 0.5) is 0 Å². The van der Waals surface area contributed by atoms with E-state index in [0.29, 0.717) is 6.54 Å². The largest absolute Gasteiger partial charge is 0.306 e. The van der Waals surface area contributed by atoms with Crippen LogP contribution in [0.3, 0.4) is 0 Å². The lowest BCUT2D eigenvalue weighted by molar-refractivity contribution is -0.108. The summed E-state index contributed by atoms with van der Waals surface area (Å²) in [5, 5.41) is 0. The summed E-state index contributed by atoms with van der Waals surface area (Å²) < 4.78 is 0. The Bertz CT molecular complexity index is 153. The molecule has 76 valence electrons. The number of likely N-dealkylation sites (tertiary alicyclic amines) is 1. The second-order valence-corrected chi connectivity index (χ2v) is 4.13. The van der Waals surface area contributed by atoms with Crippen LogP contribution in [0.25, 0.3) is 0 Å². The van der Waals surface area contributed by atoms with E-state index in [1.54, 1.807) is 0 Å². The van der Waals surface area contributed by atoms with Crippen molar-refractivity contribution in [1.82, 2.24) is 9.80 Å². The Morgan fingerprint density at radius 1 is 1.46 bits per heavy atom. The maximum absolute atomic E-state index is 10.3. The van der Waals surface area contributed by atoms with Crippen LogP contribution in [0.5, 0.6) is 0 Å². The van der Waals surface area contributed by atoms with Crippen molar-refractivity contribution >= 4 is 6.29 Å². The number of carbonyl (C=O) groups is 1. The number of hydrogen-bond acceptors (Lipinski definition) is 3. The minimum absolute atomic E-state index is 0.576. The number of likely N-dealkylation sites (N-methyl/N-ethyl adjacent to an activating group) is 1. The number of aldehydes is 1. The van der Waals surface area contributed by atoms with Gasteiger partial charge in [-0.1, -0.05) is 0 Å². The third-order valence-electron chi connectivity index (χ3n) is 2.79. The van der Waals surface area contributed by atoms with Gasteiger partial charge in [0.1, 0.15) is 6.29 Å². The molecule has 3 heteroatoms. The number of nitrogens with zero attached hydrogens (tertiary/aromatic N) is 2. The molecule has 1 fully saturated rings. The first-order valence-corrected chi connectivity index (χ1v) is 5.03. The van der Waals surface area contributed by atoms with Gasteiger partial charge in [0.05, 0.1) is 6.54 Å². The third-order valence-corrected chi connectivity index (χ3v) is 2.79. The van der Waals surface area contributed by atoms with Crippen molar-refractivity contribution in [3.05, 3.63) is 0 Å². The lowest BCUT2D eigenvalue weighted by Crippen LogP contribution is -2.36. The number of rotatable bonds is 4. The molecule has 0 radical (unpaired) electrons. The lowest BCUT2D eigenvalue weighted by Gasteiger charge is -2.31. The molecule has 0 amide bonds. The molecule has 1 rings (SSSR count). The van der Waals surface area contributed by atoms with Gasteiger partial charge in [-0.3, -0.25) is 4.90 Å². The Labute approximate surface area is 80.7 Å². The van der Waals surface area contributed by atoms with Gasteiger partial charge in [-0.15, -0.1) is 0 Å².